The average Bonchev–Trinajstić information content (AvgIpc) is 2.61. The second-order valence-electron chi connectivity index (χ2n) is 7.22. The molecule has 4 rings (SSSR count). The molecule has 0 N–H and O–H groups in total. The Kier molecular flexibility index (Phi) is 4.72. The number of rotatable bonds is 4. The Labute approximate surface area is 152 Å². The number of piperazine rings is 1. The van der Waals surface area contributed by atoms with E-state index in [-0.39, 0.29) is 5.69 Å². The number of carbonyl (C=O) groups is 1. The van der Waals surface area contributed by atoms with Crippen LogP contribution in [0, 0.1) is 11.6 Å². The van der Waals surface area contributed by atoms with Crippen molar-refractivity contribution in [2.24, 2.45) is 0 Å². The van der Waals surface area contributed by atoms with E-state index in [4.69, 9.17) is 0 Å². The number of ketones is 1. The molecule has 0 amide bonds. The summed E-state index contributed by atoms with van der Waals surface area (Å²) >= 11 is 0. The van der Waals surface area contributed by atoms with Gasteiger partial charge in [-0.05, 0) is 29.2 Å². The van der Waals surface area contributed by atoms with Crippen LogP contribution in [0.15, 0.2) is 42.5 Å². The van der Waals surface area contributed by atoms with Gasteiger partial charge in [0.2, 0.25) is 0 Å². The Balaban J connectivity index is 1.33. The number of hydrogen-bond acceptors (Lipinski definition) is 3. The third-order valence-corrected chi connectivity index (χ3v) is 5.43. The lowest BCUT2D eigenvalue weighted by molar-refractivity contribution is -0.124. The average molecular weight is 356 g/mol. The summed E-state index contributed by atoms with van der Waals surface area (Å²) in [5.74, 6) is -0.244. The van der Waals surface area contributed by atoms with Crippen LogP contribution >= 0.6 is 0 Å². The second-order valence-corrected chi connectivity index (χ2v) is 7.22. The molecule has 1 saturated carbocycles. The Bertz CT molecular complexity index is 770. The monoisotopic (exact) mass is 356 g/mol. The molecule has 136 valence electrons. The van der Waals surface area contributed by atoms with Crippen molar-refractivity contribution in [2.75, 3.05) is 31.1 Å². The Hall–Kier alpha value is -2.27. The lowest BCUT2D eigenvalue weighted by Crippen LogP contribution is -2.46. The molecule has 0 radical (unpaired) electrons. The number of Topliss-reactive ketones (excluding diaryl/α,β-unsaturated/α-hetero) is 1. The summed E-state index contributed by atoms with van der Waals surface area (Å²) in [6, 6.07) is 12.5. The summed E-state index contributed by atoms with van der Waals surface area (Å²) in [4.78, 5) is 15.2. The van der Waals surface area contributed by atoms with E-state index in [0.717, 1.165) is 19.6 Å². The highest BCUT2D eigenvalue weighted by Gasteiger charge is 2.27. The summed E-state index contributed by atoms with van der Waals surface area (Å²) in [6.45, 7) is 3.59. The predicted octanol–water partition coefficient (Wildman–Crippen LogP) is 3.73. The van der Waals surface area contributed by atoms with E-state index in [2.05, 4.69) is 29.2 Å². The molecule has 1 saturated heterocycles. The molecule has 26 heavy (non-hydrogen) atoms. The van der Waals surface area contributed by atoms with E-state index in [1.807, 2.05) is 0 Å². The summed E-state index contributed by atoms with van der Waals surface area (Å²) < 4.78 is 27.8. The van der Waals surface area contributed by atoms with Gasteiger partial charge in [0, 0.05) is 45.6 Å². The van der Waals surface area contributed by atoms with Gasteiger partial charge >= 0.3 is 0 Å². The lowest BCUT2D eigenvalue weighted by Gasteiger charge is -2.36. The molecular weight excluding hydrogens is 334 g/mol. The number of para-hydroxylation sites is 1. The van der Waals surface area contributed by atoms with Crippen molar-refractivity contribution in [3.05, 3.63) is 65.2 Å². The first kappa shape index (κ1) is 17.2. The Morgan fingerprint density at radius 2 is 1.50 bits per heavy atom. The van der Waals surface area contributed by atoms with E-state index in [1.54, 1.807) is 4.90 Å². The van der Waals surface area contributed by atoms with Crippen LogP contribution in [0.1, 0.15) is 29.9 Å². The molecule has 1 heterocycles. The molecular formula is C21H22F2N2O. The molecule has 0 bridgehead atoms. The number of carbonyl (C=O) groups excluding carboxylic acids is 1. The quantitative estimate of drug-likeness (QED) is 0.834. The zero-order valence-electron chi connectivity index (χ0n) is 14.6. The number of hydrogen-bond donors (Lipinski definition) is 0. The summed E-state index contributed by atoms with van der Waals surface area (Å²) in [5, 5.41) is 0. The number of nitrogens with zero attached hydrogens (tertiary/aromatic N) is 2. The number of anilines is 1. The molecule has 2 aliphatic rings. The smallest absolute Gasteiger partial charge is 0.149 e. The van der Waals surface area contributed by atoms with Crippen molar-refractivity contribution in [2.45, 2.75) is 25.3 Å². The summed E-state index contributed by atoms with van der Waals surface area (Å²) in [6.07, 6.45) is 1.35. The van der Waals surface area contributed by atoms with Crippen LogP contribution in [0.25, 0.3) is 0 Å². The predicted molar refractivity (Wildman–Crippen MR) is 97.3 cm³/mol. The molecule has 0 aromatic heterocycles. The van der Waals surface area contributed by atoms with Crippen LogP contribution < -0.4 is 4.90 Å². The minimum absolute atomic E-state index is 0.0894. The van der Waals surface area contributed by atoms with Gasteiger partial charge in [-0.25, -0.2) is 8.78 Å². The van der Waals surface area contributed by atoms with Gasteiger partial charge in [-0.3, -0.25) is 9.69 Å². The molecule has 1 aliphatic heterocycles. The van der Waals surface area contributed by atoms with Gasteiger partial charge in [-0.2, -0.15) is 0 Å². The maximum Gasteiger partial charge on any atom is 0.149 e. The van der Waals surface area contributed by atoms with Gasteiger partial charge < -0.3 is 4.90 Å². The van der Waals surface area contributed by atoms with E-state index in [9.17, 15) is 13.6 Å². The van der Waals surface area contributed by atoms with Crippen LogP contribution in [-0.4, -0.2) is 36.9 Å². The van der Waals surface area contributed by atoms with Crippen LogP contribution in [0.5, 0.6) is 0 Å². The molecule has 0 unspecified atom stereocenters. The van der Waals surface area contributed by atoms with Crippen molar-refractivity contribution >= 4 is 11.5 Å². The van der Waals surface area contributed by atoms with Crippen LogP contribution in [-0.2, 0) is 11.3 Å². The summed E-state index contributed by atoms with van der Waals surface area (Å²) in [7, 11) is 0. The van der Waals surface area contributed by atoms with Crippen LogP contribution in [0.4, 0.5) is 14.5 Å². The van der Waals surface area contributed by atoms with Gasteiger partial charge in [-0.15, -0.1) is 0 Å². The highest BCUT2D eigenvalue weighted by atomic mass is 19.1. The number of halogens is 2. The molecule has 2 fully saturated rings. The fraction of sp³-hybridized carbons (Fsp3) is 0.381. The normalized spacial score (nSPS) is 18.8. The zero-order valence-corrected chi connectivity index (χ0v) is 14.6. The molecule has 5 heteroatoms. The Morgan fingerprint density at radius 1 is 0.885 bits per heavy atom. The van der Waals surface area contributed by atoms with Crippen LogP contribution in [0.2, 0.25) is 0 Å². The van der Waals surface area contributed by atoms with Gasteiger partial charge in [0.15, 0.2) is 0 Å². The van der Waals surface area contributed by atoms with E-state index in [1.165, 1.54) is 29.3 Å². The van der Waals surface area contributed by atoms with Gasteiger partial charge in [0.05, 0.1) is 0 Å². The molecule has 1 aliphatic carbocycles. The first-order chi connectivity index (χ1) is 12.6. The third kappa shape index (κ3) is 3.49. The molecule has 0 atom stereocenters. The van der Waals surface area contributed by atoms with Crippen molar-refractivity contribution in [3.8, 4) is 0 Å². The fourth-order valence-electron chi connectivity index (χ4n) is 3.80. The van der Waals surface area contributed by atoms with Crippen LogP contribution in [0.3, 0.4) is 0 Å². The zero-order chi connectivity index (χ0) is 18.1. The van der Waals surface area contributed by atoms with Gasteiger partial charge in [-0.1, -0.05) is 30.3 Å². The van der Waals surface area contributed by atoms with Gasteiger partial charge in [0.25, 0.3) is 0 Å². The largest absolute Gasteiger partial charge is 0.364 e. The van der Waals surface area contributed by atoms with E-state index in [0.29, 0.717) is 37.6 Å². The van der Waals surface area contributed by atoms with Crippen molar-refractivity contribution in [1.82, 2.24) is 4.90 Å². The maximum atomic E-state index is 13.9. The highest BCUT2D eigenvalue weighted by molar-refractivity contribution is 5.86. The topological polar surface area (TPSA) is 23.6 Å². The SMILES string of the molecule is O=C1CC(c2ccc(CN3CCN(c4c(F)cccc4F)CC3)cc2)C1. The maximum absolute atomic E-state index is 13.9. The first-order valence-electron chi connectivity index (χ1n) is 9.12. The minimum atomic E-state index is -0.497. The standard InChI is InChI=1S/C21H22F2N2O/c22-19-2-1-3-20(23)21(19)25-10-8-24(9-11-25)14-15-4-6-16(7-5-15)17-12-18(26)13-17/h1-7,17H,8-14H2. The molecule has 0 spiro atoms. The minimum Gasteiger partial charge on any atom is -0.364 e. The van der Waals surface area contributed by atoms with Crippen molar-refractivity contribution < 1.29 is 13.6 Å². The third-order valence-electron chi connectivity index (χ3n) is 5.43. The Morgan fingerprint density at radius 3 is 2.08 bits per heavy atom. The molecule has 3 nitrogen and oxygen atoms in total. The highest BCUT2D eigenvalue weighted by Crippen LogP contribution is 2.33. The van der Waals surface area contributed by atoms with Gasteiger partial charge in [0.1, 0.15) is 23.1 Å². The molecule has 2 aromatic rings. The van der Waals surface area contributed by atoms with E-state index < -0.39 is 11.6 Å². The van der Waals surface area contributed by atoms with E-state index >= 15 is 0 Å². The lowest BCUT2D eigenvalue weighted by atomic mass is 9.79. The van der Waals surface area contributed by atoms with Crippen molar-refractivity contribution in [1.29, 1.82) is 0 Å². The first-order valence-corrected chi connectivity index (χ1v) is 9.12. The molecule has 2 aromatic carbocycles. The number of benzene rings is 2. The fourth-order valence-corrected chi connectivity index (χ4v) is 3.80. The second kappa shape index (κ2) is 7.16. The van der Waals surface area contributed by atoms with Crippen molar-refractivity contribution in [3.63, 3.8) is 0 Å². The summed E-state index contributed by atoms with van der Waals surface area (Å²) in [5.41, 5.74) is 2.56.